The Hall–Kier alpha value is -5.72. The first-order valence-electron chi connectivity index (χ1n) is 20.1. The number of hydrogen-bond donors (Lipinski definition) is 3. The van der Waals surface area contributed by atoms with Crippen molar-refractivity contribution in [3.05, 3.63) is 113 Å². The highest BCUT2D eigenvalue weighted by Gasteiger charge is 2.43. The van der Waals surface area contributed by atoms with Gasteiger partial charge in [0.05, 0.1) is 36.7 Å². The van der Waals surface area contributed by atoms with Crippen LogP contribution in [0.3, 0.4) is 0 Å². The van der Waals surface area contributed by atoms with Gasteiger partial charge in [0.25, 0.3) is 11.8 Å². The summed E-state index contributed by atoms with van der Waals surface area (Å²) in [6, 6.07) is 9.35. The van der Waals surface area contributed by atoms with E-state index in [0.717, 1.165) is 45.1 Å². The zero-order valence-corrected chi connectivity index (χ0v) is 36.2. The van der Waals surface area contributed by atoms with Crippen LogP contribution in [-0.4, -0.2) is 68.9 Å². The van der Waals surface area contributed by atoms with E-state index in [1.165, 1.54) is 27.6 Å². The maximum Gasteiger partial charge on any atom is 0.330 e. The van der Waals surface area contributed by atoms with Gasteiger partial charge in [0.15, 0.2) is 5.78 Å². The molecule has 8 rings (SSSR count). The molecule has 19 heteroatoms. The molecule has 0 radical (unpaired) electrons. The molecule has 6 amide bonds. The van der Waals surface area contributed by atoms with Crippen molar-refractivity contribution in [3.63, 3.8) is 0 Å². The number of halogens is 4. The smallest absolute Gasteiger partial charge is 0.330 e. The number of fused-ring (bicyclic) bond motifs is 2. The van der Waals surface area contributed by atoms with Crippen molar-refractivity contribution in [1.82, 2.24) is 25.8 Å². The van der Waals surface area contributed by atoms with E-state index in [2.05, 4.69) is 16.0 Å². The maximum absolute atomic E-state index is 14.4. The normalized spacial score (nSPS) is 18.7. The van der Waals surface area contributed by atoms with Crippen LogP contribution in [0.5, 0.6) is 0 Å². The zero-order valence-electron chi connectivity index (χ0n) is 33.8. The number of nitrogens with one attached hydrogen (secondary N) is 3. The molecule has 2 atom stereocenters. The van der Waals surface area contributed by atoms with E-state index in [1.807, 2.05) is 25.1 Å². The summed E-state index contributed by atoms with van der Waals surface area (Å²) < 4.78 is 41.8. The van der Waals surface area contributed by atoms with Crippen LogP contribution >= 0.6 is 34.3 Å². The van der Waals surface area contributed by atoms with Gasteiger partial charge in [0.2, 0.25) is 17.6 Å². The first kappa shape index (κ1) is 45.3. The Bertz CT molecular complexity index is 2530. The van der Waals surface area contributed by atoms with Gasteiger partial charge in [-0.15, -0.1) is 22.7 Å². The van der Waals surface area contributed by atoms with Crippen LogP contribution < -0.4 is 16.0 Å². The number of rotatable bonds is 11. The van der Waals surface area contributed by atoms with Crippen LogP contribution in [0.1, 0.15) is 103 Å². The lowest BCUT2D eigenvalue weighted by Gasteiger charge is -2.29. The molecule has 3 N–H and O–H groups in total. The molecule has 5 heterocycles. The van der Waals surface area contributed by atoms with Gasteiger partial charge in [-0.05, 0) is 85.7 Å². The van der Waals surface area contributed by atoms with Gasteiger partial charge >= 0.3 is 12.0 Å². The standard InChI is InChI=1S/C23H24ClN3O4S.C21H17F3N2O4S/c1-13-5-6-14(7-18(13)24)10-25-23(31)26-11-16-9-17-21(32-16)12-27(22(17)30)19-4-2-3-15(28)8-20(19)29;22-12-3-1-11(2-4-12)21(23,24)17(27)7-6-16-13-9-26(20(30)14(13)10-31-16)15-5-8-18(28)25-19(15)29/h5-7,9,19H,2-4,8,10-12H2,1H3,(H2,25,26,31);1-4,10,15H,5-9H2,(H,25,28,29). The molecule has 2 unspecified atom stereocenters. The highest BCUT2D eigenvalue weighted by molar-refractivity contribution is 7.12. The fraction of sp³-hybridized carbons (Fsp3) is 0.364. The first-order chi connectivity index (χ1) is 30.0. The van der Waals surface area contributed by atoms with Gasteiger partial charge in [-0.2, -0.15) is 8.78 Å². The Kier molecular flexibility index (Phi) is 13.6. The third-order valence-electron chi connectivity index (χ3n) is 11.4. The Balaban J connectivity index is 0.000000189. The van der Waals surface area contributed by atoms with E-state index in [1.54, 1.807) is 16.3 Å². The summed E-state index contributed by atoms with van der Waals surface area (Å²) in [5.74, 6) is -7.37. The number of amides is 6. The van der Waals surface area contributed by atoms with Crippen molar-refractivity contribution < 1.29 is 51.5 Å². The molecular weight excluding hydrogens is 883 g/mol. The number of ketones is 3. The van der Waals surface area contributed by atoms with E-state index in [0.29, 0.717) is 65.5 Å². The molecule has 63 heavy (non-hydrogen) atoms. The maximum atomic E-state index is 14.4. The minimum absolute atomic E-state index is 0.0199. The summed E-state index contributed by atoms with van der Waals surface area (Å²) in [6.45, 7) is 3.09. The van der Waals surface area contributed by atoms with Crippen LogP contribution in [0.15, 0.2) is 53.9 Å². The predicted octanol–water partition coefficient (Wildman–Crippen LogP) is 6.69. The molecule has 2 fully saturated rings. The summed E-state index contributed by atoms with van der Waals surface area (Å²) in [7, 11) is 0. The van der Waals surface area contributed by atoms with Crippen LogP contribution in [0.2, 0.25) is 5.02 Å². The molecule has 13 nitrogen and oxygen atoms in total. The number of nitrogens with zero attached hydrogens (tertiary/aromatic N) is 2. The average Bonchev–Trinajstić information content (AvgIpc) is 3.97. The number of piperidine rings is 1. The van der Waals surface area contributed by atoms with Crippen LogP contribution in [0.25, 0.3) is 0 Å². The Morgan fingerprint density at radius 2 is 1.60 bits per heavy atom. The van der Waals surface area contributed by atoms with Gasteiger partial charge in [-0.1, -0.05) is 23.7 Å². The number of carbonyl (C=O) groups is 8. The number of hydrogen-bond acceptors (Lipinski definition) is 10. The lowest BCUT2D eigenvalue weighted by Crippen LogP contribution is -2.52. The molecule has 1 aliphatic carbocycles. The predicted molar refractivity (Wildman–Crippen MR) is 226 cm³/mol. The van der Waals surface area contributed by atoms with Crippen LogP contribution in [-0.2, 0) is 62.5 Å². The van der Waals surface area contributed by atoms with Gasteiger partial charge < -0.3 is 20.4 Å². The second-order valence-corrected chi connectivity index (χ2v) is 18.2. The van der Waals surface area contributed by atoms with Crippen molar-refractivity contribution in [1.29, 1.82) is 0 Å². The molecule has 3 aliphatic heterocycles. The van der Waals surface area contributed by atoms with Crippen LogP contribution in [0.4, 0.5) is 18.0 Å². The van der Waals surface area contributed by atoms with Gasteiger partial charge in [0, 0.05) is 62.9 Å². The Morgan fingerprint density at radius 1 is 0.889 bits per heavy atom. The van der Waals surface area contributed by atoms with E-state index in [-0.39, 0.29) is 67.5 Å². The van der Waals surface area contributed by atoms with Gasteiger partial charge in [-0.25, -0.2) is 9.18 Å². The van der Waals surface area contributed by atoms with E-state index >= 15 is 0 Å². The number of urea groups is 1. The summed E-state index contributed by atoms with van der Waals surface area (Å²) >= 11 is 8.78. The van der Waals surface area contributed by atoms with Crippen molar-refractivity contribution >= 4 is 81.3 Å². The number of thiophene rings is 2. The second-order valence-electron chi connectivity index (χ2n) is 15.6. The first-order valence-corrected chi connectivity index (χ1v) is 22.2. The average molecular weight is 924 g/mol. The summed E-state index contributed by atoms with van der Waals surface area (Å²) in [5.41, 5.74) is 2.92. The SMILES string of the molecule is Cc1ccc(CNC(=O)NCc2cc3c(s2)CN(C2CCCC(=O)CC2=O)C3=O)cc1Cl.O=C1CCC(N2Cc3c(csc3CCC(=O)C(F)(F)c3ccc(F)cc3)C2=O)C(=O)N1. The fourth-order valence-electron chi connectivity index (χ4n) is 7.86. The topological polar surface area (TPSA) is 179 Å². The number of benzene rings is 2. The van der Waals surface area contributed by atoms with Crippen LogP contribution in [0, 0.1) is 12.7 Å². The molecule has 2 aromatic heterocycles. The highest BCUT2D eigenvalue weighted by atomic mass is 35.5. The number of Topliss-reactive ketones (excluding diaryl/α,β-unsaturated/α-hetero) is 3. The van der Waals surface area contributed by atoms with E-state index in [4.69, 9.17) is 11.6 Å². The lowest BCUT2D eigenvalue weighted by atomic mass is 10.00. The molecule has 4 aromatic rings. The van der Waals surface area contributed by atoms with Crippen molar-refractivity contribution in [3.8, 4) is 0 Å². The molecule has 2 aromatic carbocycles. The molecule has 0 bridgehead atoms. The minimum atomic E-state index is -3.75. The molecule has 330 valence electrons. The molecule has 0 spiro atoms. The number of imide groups is 1. The second kappa shape index (κ2) is 18.9. The summed E-state index contributed by atoms with van der Waals surface area (Å²) in [6.07, 6.45) is 1.41. The molecule has 1 saturated carbocycles. The zero-order chi connectivity index (χ0) is 45.2. The summed E-state index contributed by atoms with van der Waals surface area (Å²) in [5, 5.41) is 10.1. The third-order valence-corrected chi connectivity index (χ3v) is 14.0. The third kappa shape index (κ3) is 10.1. The largest absolute Gasteiger partial charge is 0.334 e. The number of aryl methyl sites for hydroxylation is 2. The molecular formula is C44H41ClF3N5O8S2. The summed E-state index contributed by atoms with van der Waals surface area (Å²) in [4.78, 5) is 103. The number of carbonyl (C=O) groups excluding carboxylic acids is 8. The Labute approximate surface area is 372 Å². The minimum Gasteiger partial charge on any atom is -0.334 e. The van der Waals surface area contributed by atoms with Gasteiger partial charge in [-0.3, -0.25) is 38.9 Å². The lowest BCUT2D eigenvalue weighted by molar-refractivity contribution is -0.144. The van der Waals surface area contributed by atoms with Crippen molar-refractivity contribution in [2.24, 2.45) is 0 Å². The Morgan fingerprint density at radius 3 is 2.32 bits per heavy atom. The van der Waals surface area contributed by atoms with E-state index in [9.17, 15) is 51.5 Å². The monoisotopic (exact) mass is 923 g/mol. The van der Waals surface area contributed by atoms with Gasteiger partial charge in [0.1, 0.15) is 17.6 Å². The van der Waals surface area contributed by atoms with Crippen molar-refractivity contribution in [2.45, 2.75) is 102 Å². The number of alkyl halides is 2. The highest BCUT2D eigenvalue weighted by Crippen LogP contribution is 2.37. The molecule has 4 aliphatic rings. The quantitative estimate of drug-likeness (QED) is 0.0847. The van der Waals surface area contributed by atoms with Crippen molar-refractivity contribution in [2.75, 3.05) is 0 Å². The molecule has 1 saturated heterocycles. The van der Waals surface area contributed by atoms with E-state index < -0.39 is 47.5 Å². The fourth-order valence-corrected chi connectivity index (χ4v) is 10.2.